The summed E-state index contributed by atoms with van der Waals surface area (Å²) in [6.07, 6.45) is 0.515. The summed E-state index contributed by atoms with van der Waals surface area (Å²) in [4.78, 5) is 20.0. The number of aryl methyl sites for hydroxylation is 1. The van der Waals surface area contributed by atoms with Crippen LogP contribution in [-0.4, -0.2) is 55.9 Å². The molecule has 0 radical (unpaired) electrons. The highest BCUT2D eigenvalue weighted by molar-refractivity contribution is 6.02. The largest absolute Gasteiger partial charge is 0.378 e. The molecule has 1 aromatic carbocycles. The molecule has 0 spiro atoms. The standard InChI is InChI=1S/C23H35N5O2/c1-14(2)12-25-20-8-9-28(13-21(20)30-5)22-18(23(29)26-16(4)24)11-17-10-15(3)6-7-19(17)27-22/h6-7,10-11,14,16,20-21,25H,8-9,12-13,24H2,1-5H3,(H,26,29). The summed E-state index contributed by atoms with van der Waals surface area (Å²) in [5.74, 6) is 1.07. The van der Waals surface area contributed by atoms with Gasteiger partial charge in [0, 0.05) is 31.6 Å². The molecule has 0 aliphatic carbocycles. The first kappa shape index (κ1) is 22.5. The number of amides is 1. The van der Waals surface area contributed by atoms with Gasteiger partial charge in [0.1, 0.15) is 5.82 Å². The number of piperidine rings is 1. The molecule has 2 aromatic rings. The number of hydrogen-bond acceptors (Lipinski definition) is 6. The van der Waals surface area contributed by atoms with E-state index in [1.165, 1.54) is 0 Å². The molecule has 1 aliphatic heterocycles. The average Bonchev–Trinajstić information content (AvgIpc) is 2.70. The lowest BCUT2D eigenvalue weighted by Gasteiger charge is -2.39. The fourth-order valence-electron chi connectivity index (χ4n) is 3.95. The van der Waals surface area contributed by atoms with Crippen molar-refractivity contribution >= 4 is 22.6 Å². The quantitative estimate of drug-likeness (QED) is 0.604. The maximum Gasteiger partial charge on any atom is 0.256 e. The molecule has 2 heterocycles. The van der Waals surface area contributed by atoms with Gasteiger partial charge in [-0.3, -0.25) is 4.79 Å². The number of nitrogens with one attached hydrogen (secondary N) is 2. The molecule has 3 rings (SSSR count). The SMILES string of the molecule is COC1CN(c2nc3ccc(C)cc3cc2C(=O)NC(C)N)CCC1NCC(C)C. The van der Waals surface area contributed by atoms with Gasteiger partial charge < -0.3 is 26.0 Å². The number of nitrogens with two attached hydrogens (primary N) is 1. The van der Waals surface area contributed by atoms with Crippen LogP contribution in [0.4, 0.5) is 5.82 Å². The van der Waals surface area contributed by atoms with Crippen LogP contribution in [0.5, 0.6) is 0 Å². The summed E-state index contributed by atoms with van der Waals surface area (Å²) in [7, 11) is 1.75. The Hall–Kier alpha value is -2.22. The van der Waals surface area contributed by atoms with Gasteiger partial charge in [0.2, 0.25) is 0 Å². The summed E-state index contributed by atoms with van der Waals surface area (Å²) in [6, 6.07) is 8.31. The molecule has 4 N–H and O–H groups in total. The molecule has 7 heteroatoms. The van der Waals surface area contributed by atoms with E-state index in [1.54, 1.807) is 14.0 Å². The van der Waals surface area contributed by atoms with Crippen LogP contribution in [0.1, 0.15) is 43.1 Å². The summed E-state index contributed by atoms with van der Waals surface area (Å²) >= 11 is 0. The molecule has 1 saturated heterocycles. The number of pyridine rings is 1. The third kappa shape index (κ3) is 5.28. The summed E-state index contributed by atoms with van der Waals surface area (Å²) < 4.78 is 5.80. The number of carbonyl (C=O) groups is 1. The highest BCUT2D eigenvalue weighted by Crippen LogP contribution is 2.28. The van der Waals surface area contributed by atoms with E-state index in [-0.39, 0.29) is 18.1 Å². The molecular weight excluding hydrogens is 378 g/mol. The van der Waals surface area contributed by atoms with Crippen molar-refractivity contribution in [3.63, 3.8) is 0 Å². The van der Waals surface area contributed by atoms with Gasteiger partial charge in [-0.1, -0.05) is 25.5 Å². The molecular formula is C23H35N5O2. The fourth-order valence-corrected chi connectivity index (χ4v) is 3.95. The average molecular weight is 414 g/mol. The van der Waals surface area contributed by atoms with Crippen LogP contribution >= 0.6 is 0 Å². The third-order valence-corrected chi connectivity index (χ3v) is 5.50. The Morgan fingerprint density at radius 1 is 1.33 bits per heavy atom. The second kappa shape index (κ2) is 9.73. The van der Waals surface area contributed by atoms with Crippen molar-refractivity contribution in [1.29, 1.82) is 0 Å². The van der Waals surface area contributed by atoms with Gasteiger partial charge in [0.05, 0.1) is 23.3 Å². The number of ether oxygens (including phenoxy) is 1. The van der Waals surface area contributed by atoms with Gasteiger partial charge in [0.15, 0.2) is 0 Å². The van der Waals surface area contributed by atoms with Crippen LogP contribution in [0.2, 0.25) is 0 Å². The third-order valence-electron chi connectivity index (χ3n) is 5.50. The molecule has 30 heavy (non-hydrogen) atoms. The van der Waals surface area contributed by atoms with Crippen molar-refractivity contribution in [2.24, 2.45) is 11.7 Å². The predicted molar refractivity (Wildman–Crippen MR) is 122 cm³/mol. The Balaban J connectivity index is 1.93. The van der Waals surface area contributed by atoms with Crippen LogP contribution in [0.3, 0.4) is 0 Å². The maximum absolute atomic E-state index is 12.9. The van der Waals surface area contributed by atoms with Crippen molar-refractivity contribution in [3.8, 4) is 0 Å². The van der Waals surface area contributed by atoms with E-state index in [0.29, 0.717) is 23.8 Å². The minimum Gasteiger partial charge on any atom is -0.378 e. The van der Waals surface area contributed by atoms with E-state index in [1.807, 2.05) is 25.1 Å². The van der Waals surface area contributed by atoms with Gasteiger partial charge in [-0.25, -0.2) is 4.98 Å². The first-order valence-electron chi connectivity index (χ1n) is 10.8. The Morgan fingerprint density at radius 3 is 2.77 bits per heavy atom. The van der Waals surface area contributed by atoms with Crippen molar-refractivity contribution in [3.05, 3.63) is 35.4 Å². The second-order valence-electron chi connectivity index (χ2n) is 8.74. The Morgan fingerprint density at radius 2 is 2.10 bits per heavy atom. The van der Waals surface area contributed by atoms with E-state index >= 15 is 0 Å². The number of benzene rings is 1. The molecule has 1 fully saturated rings. The summed E-state index contributed by atoms with van der Waals surface area (Å²) in [5.41, 5.74) is 8.38. The fraction of sp³-hybridized carbons (Fsp3) is 0.565. The minimum atomic E-state index is -0.434. The molecule has 1 aromatic heterocycles. The lowest BCUT2D eigenvalue weighted by molar-refractivity contribution is 0.0588. The highest BCUT2D eigenvalue weighted by Gasteiger charge is 2.32. The Kier molecular flexibility index (Phi) is 7.28. The number of carbonyl (C=O) groups excluding carboxylic acids is 1. The highest BCUT2D eigenvalue weighted by atomic mass is 16.5. The number of hydrogen-bond donors (Lipinski definition) is 3. The number of nitrogens with zero attached hydrogens (tertiary/aromatic N) is 2. The maximum atomic E-state index is 12.9. The first-order valence-corrected chi connectivity index (χ1v) is 10.8. The van der Waals surface area contributed by atoms with Crippen molar-refractivity contribution in [2.75, 3.05) is 31.6 Å². The van der Waals surface area contributed by atoms with Crippen LogP contribution < -0.4 is 21.3 Å². The zero-order valence-electron chi connectivity index (χ0n) is 18.7. The molecule has 0 bridgehead atoms. The molecule has 3 atom stereocenters. The van der Waals surface area contributed by atoms with Crippen molar-refractivity contribution in [1.82, 2.24) is 15.6 Å². The van der Waals surface area contributed by atoms with E-state index in [4.69, 9.17) is 15.5 Å². The molecule has 164 valence electrons. The van der Waals surface area contributed by atoms with Crippen molar-refractivity contribution < 1.29 is 9.53 Å². The monoisotopic (exact) mass is 413 g/mol. The van der Waals surface area contributed by atoms with E-state index < -0.39 is 6.17 Å². The number of methoxy groups -OCH3 is 1. The zero-order valence-corrected chi connectivity index (χ0v) is 18.7. The van der Waals surface area contributed by atoms with Crippen molar-refractivity contribution in [2.45, 2.75) is 52.4 Å². The van der Waals surface area contributed by atoms with Crippen LogP contribution in [0, 0.1) is 12.8 Å². The van der Waals surface area contributed by atoms with Gasteiger partial charge in [-0.15, -0.1) is 0 Å². The second-order valence-corrected chi connectivity index (χ2v) is 8.74. The van der Waals surface area contributed by atoms with E-state index in [2.05, 4.69) is 35.4 Å². The minimum absolute atomic E-state index is 0.0253. The van der Waals surface area contributed by atoms with Crippen LogP contribution in [0.25, 0.3) is 10.9 Å². The van der Waals surface area contributed by atoms with E-state index in [9.17, 15) is 4.79 Å². The lowest BCUT2D eigenvalue weighted by Crippen LogP contribution is -2.54. The molecule has 7 nitrogen and oxygen atoms in total. The van der Waals surface area contributed by atoms with Crippen LogP contribution in [-0.2, 0) is 4.74 Å². The van der Waals surface area contributed by atoms with Gasteiger partial charge in [-0.2, -0.15) is 0 Å². The lowest BCUT2D eigenvalue weighted by atomic mass is 9.99. The normalized spacial score (nSPS) is 20.6. The molecule has 1 amide bonds. The number of anilines is 1. The Labute approximate surface area is 179 Å². The summed E-state index contributed by atoms with van der Waals surface area (Å²) in [5, 5.41) is 7.39. The number of rotatable bonds is 7. The molecule has 0 saturated carbocycles. The molecule has 1 aliphatic rings. The van der Waals surface area contributed by atoms with Gasteiger partial charge >= 0.3 is 0 Å². The summed E-state index contributed by atoms with van der Waals surface area (Å²) in [6.45, 7) is 10.6. The van der Waals surface area contributed by atoms with Gasteiger partial charge in [-0.05, 0) is 50.9 Å². The molecule has 3 unspecified atom stereocenters. The predicted octanol–water partition coefficient (Wildman–Crippen LogP) is 2.42. The van der Waals surface area contributed by atoms with Gasteiger partial charge in [0.25, 0.3) is 5.91 Å². The smallest absolute Gasteiger partial charge is 0.256 e. The first-order chi connectivity index (χ1) is 14.3. The van der Waals surface area contributed by atoms with E-state index in [0.717, 1.165) is 36.0 Å². The Bertz CT molecular complexity index is 883. The topological polar surface area (TPSA) is 92.5 Å². The van der Waals surface area contributed by atoms with Crippen LogP contribution in [0.15, 0.2) is 24.3 Å². The number of fused-ring (bicyclic) bond motifs is 1. The number of aromatic nitrogens is 1. The zero-order chi connectivity index (χ0) is 21.8.